The Morgan fingerprint density at radius 1 is 1.26 bits per heavy atom. The van der Waals surface area contributed by atoms with Crippen molar-refractivity contribution in [3.05, 3.63) is 47.2 Å². The van der Waals surface area contributed by atoms with Crippen LogP contribution < -0.4 is 10.6 Å². The minimum absolute atomic E-state index is 0.100. The summed E-state index contributed by atoms with van der Waals surface area (Å²) in [5.41, 5.74) is 1.89. The molecule has 0 saturated carbocycles. The summed E-state index contributed by atoms with van der Waals surface area (Å²) in [5.74, 6) is -0.337. The van der Waals surface area contributed by atoms with Crippen molar-refractivity contribution in [3.8, 4) is 0 Å². The molecule has 2 atom stereocenters. The highest BCUT2D eigenvalue weighted by atomic mass is 19.4. The van der Waals surface area contributed by atoms with Crippen molar-refractivity contribution in [3.63, 3.8) is 0 Å². The number of amides is 1. The van der Waals surface area contributed by atoms with E-state index in [0.29, 0.717) is 26.3 Å². The van der Waals surface area contributed by atoms with E-state index in [1.165, 1.54) is 6.20 Å². The maximum Gasteiger partial charge on any atom is 0.410 e. The molecule has 0 aliphatic carbocycles. The fourth-order valence-corrected chi connectivity index (χ4v) is 3.99. The summed E-state index contributed by atoms with van der Waals surface area (Å²) in [6, 6.07) is 4.99. The van der Waals surface area contributed by atoms with Crippen LogP contribution in [0.3, 0.4) is 0 Å². The van der Waals surface area contributed by atoms with E-state index in [1.807, 2.05) is 31.2 Å². The molecule has 7 nitrogen and oxygen atoms in total. The van der Waals surface area contributed by atoms with E-state index in [1.54, 1.807) is 0 Å². The van der Waals surface area contributed by atoms with Crippen LogP contribution in [0.4, 0.5) is 19.0 Å². The number of halogens is 3. The summed E-state index contributed by atoms with van der Waals surface area (Å²) < 4.78 is 47.6. The lowest BCUT2D eigenvalue weighted by atomic mass is 9.96. The number of morpholine rings is 1. The molecular formula is C21H26F3N5O2. The van der Waals surface area contributed by atoms with Crippen LogP contribution in [0.25, 0.3) is 0 Å². The number of anilines is 1. The minimum Gasteiger partial charge on any atom is -0.379 e. The van der Waals surface area contributed by atoms with E-state index in [4.69, 9.17) is 4.74 Å². The summed E-state index contributed by atoms with van der Waals surface area (Å²) in [7, 11) is 0. The molecule has 1 aromatic carbocycles. The van der Waals surface area contributed by atoms with E-state index >= 15 is 0 Å². The fourth-order valence-electron chi connectivity index (χ4n) is 3.99. The molecule has 10 heteroatoms. The number of fused-ring (bicyclic) bond motifs is 1. The molecular weight excluding hydrogens is 411 g/mol. The van der Waals surface area contributed by atoms with E-state index in [9.17, 15) is 18.0 Å². The summed E-state index contributed by atoms with van der Waals surface area (Å²) in [4.78, 5) is 14.9. The molecule has 0 radical (unpaired) electrons. The Bertz CT molecular complexity index is 907. The molecule has 3 heterocycles. The molecule has 2 aromatic rings. The topological polar surface area (TPSA) is 71.4 Å². The molecule has 31 heavy (non-hydrogen) atoms. The van der Waals surface area contributed by atoms with Crippen molar-refractivity contribution in [1.82, 2.24) is 20.0 Å². The van der Waals surface area contributed by atoms with Gasteiger partial charge in [0, 0.05) is 32.6 Å². The monoisotopic (exact) mass is 437 g/mol. The van der Waals surface area contributed by atoms with Crippen LogP contribution >= 0.6 is 0 Å². The van der Waals surface area contributed by atoms with Gasteiger partial charge in [0.05, 0.1) is 25.5 Å². The third-order valence-corrected chi connectivity index (χ3v) is 5.78. The molecule has 1 aromatic heterocycles. The van der Waals surface area contributed by atoms with E-state index in [2.05, 4.69) is 20.6 Å². The Morgan fingerprint density at radius 3 is 2.65 bits per heavy atom. The lowest BCUT2D eigenvalue weighted by Gasteiger charge is -2.34. The van der Waals surface area contributed by atoms with Gasteiger partial charge in [0.1, 0.15) is 11.4 Å². The van der Waals surface area contributed by atoms with Crippen molar-refractivity contribution in [1.29, 1.82) is 0 Å². The van der Waals surface area contributed by atoms with Gasteiger partial charge in [-0.05, 0) is 12.5 Å². The summed E-state index contributed by atoms with van der Waals surface area (Å²) in [5, 5.41) is 9.83. The molecule has 1 fully saturated rings. The van der Waals surface area contributed by atoms with Crippen molar-refractivity contribution < 1.29 is 22.7 Å². The summed E-state index contributed by atoms with van der Waals surface area (Å²) >= 11 is 0. The largest absolute Gasteiger partial charge is 0.410 e. The Kier molecular flexibility index (Phi) is 6.19. The molecule has 1 saturated heterocycles. The number of alkyl halides is 3. The number of rotatable bonds is 5. The number of hydrogen-bond donors (Lipinski definition) is 2. The van der Waals surface area contributed by atoms with Crippen LogP contribution in [0, 0.1) is 6.92 Å². The SMILES string of the molecule is Cc1ccc([C@@H]2C[C@@H](C(F)(F)F)n3ncc(C(=O)NCCN4CCOCC4)c3N2)cc1. The van der Waals surface area contributed by atoms with Crippen LogP contribution in [-0.2, 0) is 4.74 Å². The number of aryl methyl sites for hydroxylation is 1. The van der Waals surface area contributed by atoms with Crippen LogP contribution in [0.5, 0.6) is 0 Å². The van der Waals surface area contributed by atoms with Gasteiger partial charge in [-0.15, -0.1) is 0 Å². The molecule has 168 valence electrons. The first kappa shape index (κ1) is 21.6. The maximum absolute atomic E-state index is 13.8. The van der Waals surface area contributed by atoms with E-state index in [-0.39, 0.29) is 17.8 Å². The zero-order chi connectivity index (χ0) is 22.0. The maximum atomic E-state index is 13.8. The Balaban J connectivity index is 1.51. The highest BCUT2D eigenvalue weighted by molar-refractivity contribution is 5.98. The van der Waals surface area contributed by atoms with Crippen LogP contribution in [0.15, 0.2) is 30.5 Å². The fraction of sp³-hybridized carbons (Fsp3) is 0.524. The number of ether oxygens (including phenoxy) is 1. The van der Waals surface area contributed by atoms with Gasteiger partial charge >= 0.3 is 6.18 Å². The molecule has 2 N–H and O–H groups in total. The zero-order valence-electron chi connectivity index (χ0n) is 17.3. The van der Waals surface area contributed by atoms with Crippen LogP contribution in [0.2, 0.25) is 0 Å². The molecule has 0 spiro atoms. The second-order valence-corrected chi connectivity index (χ2v) is 7.96. The predicted molar refractivity (Wildman–Crippen MR) is 109 cm³/mol. The minimum atomic E-state index is -4.48. The molecule has 2 aliphatic heterocycles. The quantitative estimate of drug-likeness (QED) is 0.753. The number of carbonyl (C=O) groups excluding carboxylic acids is 1. The van der Waals surface area contributed by atoms with Gasteiger partial charge < -0.3 is 15.4 Å². The standard InChI is InChI=1S/C21H26F3N5O2/c1-14-2-4-15(5-3-14)17-12-18(21(22,23)24)29-19(27-17)16(13-26-29)20(30)25-6-7-28-8-10-31-11-9-28/h2-5,13,17-18,27H,6-12H2,1H3,(H,25,30)/t17-,18-/m0/s1. The second kappa shape index (κ2) is 8.88. The van der Waals surface area contributed by atoms with Gasteiger partial charge in [0.15, 0.2) is 6.04 Å². The highest BCUT2D eigenvalue weighted by Gasteiger charge is 2.47. The molecule has 1 amide bonds. The number of aromatic nitrogens is 2. The highest BCUT2D eigenvalue weighted by Crippen LogP contribution is 2.44. The second-order valence-electron chi connectivity index (χ2n) is 7.96. The predicted octanol–water partition coefficient (Wildman–Crippen LogP) is 2.91. The third-order valence-electron chi connectivity index (χ3n) is 5.78. The van der Waals surface area contributed by atoms with Gasteiger partial charge in [0.2, 0.25) is 0 Å². The average molecular weight is 437 g/mol. The third kappa shape index (κ3) is 4.85. The first-order valence-corrected chi connectivity index (χ1v) is 10.4. The number of nitrogens with zero attached hydrogens (tertiary/aromatic N) is 3. The molecule has 0 unspecified atom stereocenters. The van der Waals surface area contributed by atoms with E-state index < -0.39 is 24.2 Å². The van der Waals surface area contributed by atoms with Gasteiger partial charge in [-0.1, -0.05) is 29.8 Å². The summed E-state index contributed by atoms with van der Waals surface area (Å²) in [6.45, 7) is 5.89. The van der Waals surface area contributed by atoms with Gasteiger partial charge in [-0.25, -0.2) is 4.68 Å². The van der Waals surface area contributed by atoms with Crippen molar-refractivity contribution in [2.24, 2.45) is 0 Å². The van der Waals surface area contributed by atoms with Crippen molar-refractivity contribution in [2.75, 3.05) is 44.7 Å². The number of nitrogens with one attached hydrogen (secondary N) is 2. The lowest BCUT2D eigenvalue weighted by Crippen LogP contribution is -2.41. The lowest BCUT2D eigenvalue weighted by molar-refractivity contribution is -0.173. The van der Waals surface area contributed by atoms with Gasteiger partial charge in [-0.3, -0.25) is 9.69 Å². The Hall–Kier alpha value is -2.59. The number of hydrogen-bond acceptors (Lipinski definition) is 5. The van der Waals surface area contributed by atoms with Crippen LogP contribution in [-0.4, -0.2) is 66.2 Å². The Morgan fingerprint density at radius 2 is 1.97 bits per heavy atom. The average Bonchev–Trinajstić information content (AvgIpc) is 3.17. The van der Waals surface area contributed by atoms with Gasteiger partial charge in [-0.2, -0.15) is 18.3 Å². The van der Waals surface area contributed by atoms with Gasteiger partial charge in [0.25, 0.3) is 5.91 Å². The van der Waals surface area contributed by atoms with E-state index in [0.717, 1.165) is 28.9 Å². The number of carbonyl (C=O) groups is 1. The van der Waals surface area contributed by atoms with Crippen molar-refractivity contribution in [2.45, 2.75) is 31.6 Å². The van der Waals surface area contributed by atoms with Crippen molar-refractivity contribution >= 4 is 11.7 Å². The zero-order valence-corrected chi connectivity index (χ0v) is 17.3. The number of benzene rings is 1. The summed E-state index contributed by atoms with van der Waals surface area (Å²) in [6.07, 6.45) is -3.46. The molecule has 0 bridgehead atoms. The smallest absolute Gasteiger partial charge is 0.379 e. The first-order valence-electron chi connectivity index (χ1n) is 10.4. The molecule has 4 rings (SSSR count). The normalized spacial score (nSPS) is 21.9. The Labute approximate surface area is 178 Å². The van der Waals surface area contributed by atoms with Crippen LogP contribution in [0.1, 0.15) is 40.0 Å². The molecule has 2 aliphatic rings. The first-order chi connectivity index (χ1) is 14.8.